The van der Waals surface area contributed by atoms with E-state index in [2.05, 4.69) is 4.52 Å². The third-order valence-electron chi connectivity index (χ3n) is 8.38. The van der Waals surface area contributed by atoms with Crippen molar-refractivity contribution >= 4 is 7.82 Å². The van der Waals surface area contributed by atoms with Crippen molar-refractivity contribution in [2.45, 2.75) is 62.8 Å². The van der Waals surface area contributed by atoms with Gasteiger partial charge in [-0.15, -0.1) is 0 Å². The van der Waals surface area contributed by atoms with E-state index in [1.54, 1.807) is 17.7 Å². The molecular formula is C28H31Na2O8P. The van der Waals surface area contributed by atoms with Crippen LogP contribution in [0, 0.1) is 11.8 Å². The summed E-state index contributed by atoms with van der Waals surface area (Å²) in [6.45, 7) is 0.588. The Morgan fingerprint density at radius 2 is 1.62 bits per heavy atom. The Bertz CT molecular complexity index is 1200. The van der Waals surface area contributed by atoms with Gasteiger partial charge in [-0.1, -0.05) is 35.8 Å². The SMILES string of the molecule is O=P([O-])([O-])Oc1ccc(C2(OCCOc3ccccc3)OOC23C2CCCC3C3=C(CCCC3)C2)cc1.[Na+].[Na+]. The summed E-state index contributed by atoms with van der Waals surface area (Å²) in [6, 6.07) is 15.9. The molecule has 39 heavy (non-hydrogen) atoms. The predicted molar refractivity (Wildman–Crippen MR) is 130 cm³/mol. The molecule has 4 unspecified atom stereocenters. The summed E-state index contributed by atoms with van der Waals surface area (Å²) >= 11 is 0. The maximum Gasteiger partial charge on any atom is 1.00 e. The minimum atomic E-state index is -5.16. The Kier molecular flexibility index (Phi) is 10.6. The van der Waals surface area contributed by atoms with Crippen LogP contribution in [0.25, 0.3) is 0 Å². The summed E-state index contributed by atoms with van der Waals surface area (Å²) in [6.07, 6.45) is 8.84. The minimum Gasteiger partial charge on any atom is -0.780 e. The van der Waals surface area contributed by atoms with E-state index >= 15 is 0 Å². The van der Waals surface area contributed by atoms with Gasteiger partial charge >= 0.3 is 59.1 Å². The van der Waals surface area contributed by atoms with E-state index in [1.165, 1.54) is 30.5 Å². The molecule has 1 saturated heterocycles. The molecule has 1 aliphatic heterocycles. The molecule has 1 heterocycles. The summed E-state index contributed by atoms with van der Waals surface area (Å²) < 4.78 is 28.2. The van der Waals surface area contributed by atoms with Crippen LogP contribution in [0.5, 0.6) is 11.5 Å². The zero-order chi connectivity index (χ0) is 25.5. The fourth-order valence-electron chi connectivity index (χ4n) is 6.97. The van der Waals surface area contributed by atoms with Crippen molar-refractivity contribution in [3.8, 4) is 11.5 Å². The molecule has 198 valence electrons. The van der Waals surface area contributed by atoms with E-state index in [1.807, 2.05) is 30.3 Å². The third-order valence-corrected chi connectivity index (χ3v) is 8.81. The number of fused-ring (bicyclic) bond motifs is 1. The topological polar surface area (TPSA) is 109 Å². The number of phosphoric ester groups is 1. The van der Waals surface area contributed by atoms with Gasteiger partial charge in [0.05, 0.1) is 6.61 Å². The van der Waals surface area contributed by atoms with E-state index in [0.29, 0.717) is 12.2 Å². The van der Waals surface area contributed by atoms with Gasteiger partial charge in [0.15, 0.2) is 5.60 Å². The van der Waals surface area contributed by atoms with Gasteiger partial charge in [0.2, 0.25) is 0 Å². The molecule has 11 heteroatoms. The first kappa shape index (κ1) is 31.7. The fraction of sp³-hybridized carbons (Fsp3) is 0.500. The van der Waals surface area contributed by atoms with Crippen molar-refractivity contribution in [2.75, 3.05) is 13.2 Å². The van der Waals surface area contributed by atoms with Crippen LogP contribution in [0.4, 0.5) is 0 Å². The quantitative estimate of drug-likeness (QED) is 0.124. The largest absolute Gasteiger partial charge is 1.00 e. The Labute approximate surface area is 273 Å². The van der Waals surface area contributed by atoms with Crippen molar-refractivity contribution in [3.05, 3.63) is 71.3 Å². The molecule has 0 radical (unpaired) electrons. The molecule has 8 nitrogen and oxygen atoms in total. The second kappa shape index (κ2) is 13.0. The number of rotatable bonds is 8. The zero-order valence-corrected chi connectivity index (χ0v) is 27.5. The van der Waals surface area contributed by atoms with Crippen molar-refractivity contribution in [1.29, 1.82) is 0 Å². The number of benzene rings is 2. The van der Waals surface area contributed by atoms with Gasteiger partial charge < -0.3 is 28.3 Å². The number of ether oxygens (including phenoxy) is 2. The zero-order valence-electron chi connectivity index (χ0n) is 22.6. The molecule has 1 spiro atoms. The molecule has 1 saturated carbocycles. The van der Waals surface area contributed by atoms with Crippen molar-refractivity contribution in [3.63, 3.8) is 0 Å². The second-order valence-electron chi connectivity index (χ2n) is 10.4. The molecule has 2 aromatic rings. The monoisotopic (exact) mass is 572 g/mol. The van der Waals surface area contributed by atoms with Gasteiger partial charge in [0.1, 0.15) is 25.9 Å². The number of hydrogen-bond donors (Lipinski definition) is 0. The molecule has 0 N–H and O–H groups in total. The Morgan fingerprint density at radius 1 is 0.872 bits per heavy atom. The molecule has 2 bridgehead atoms. The van der Waals surface area contributed by atoms with Gasteiger partial charge in [0, 0.05) is 17.4 Å². The standard InChI is InChI=1S/C28H33O8P.2Na/c29-37(30,31)34-24-15-13-21(14-16-24)28(33-18-17-32-23-9-2-1-3-10-23)27(35-36-28)22-8-6-12-26(27)25-11-5-4-7-20(25)19-22;;/h1-3,9-10,13-16,22,26H,4-8,11-12,17-19H2,(H2,29,30,31);;/q;2*+1/p-2. The Hall–Kier alpha value is -0.190. The van der Waals surface area contributed by atoms with Gasteiger partial charge in [-0.2, -0.15) is 4.89 Å². The number of allylic oxidation sites excluding steroid dienone is 1. The number of para-hydroxylation sites is 1. The molecule has 2 fully saturated rings. The van der Waals surface area contributed by atoms with Crippen molar-refractivity contribution in [2.24, 2.45) is 11.8 Å². The predicted octanol–water partition coefficient (Wildman–Crippen LogP) is -1.46. The summed E-state index contributed by atoms with van der Waals surface area (Å²) in [7, 11) is -5.16. The number of phosphoric acid groups is 1. The van der Waals surface area contributed by atoms with Crippen LogP contribution in [-0.2, 0) is 24.9 Å². The van der Waals surface area contributed by atoms with Crippen LogP contribution in [-0.4, -0.2) is 18.8 Å². The van der Waals surface area contributed by atoms with E-state index in [-0.39, 0.29) is 83.3 Å². The Morgan fingerprint density at radius 3 is 2.31 bits per heavy atom. The molecule has 3 aliphatic carbocycles. The van der Waals surface area contributed by atoms with Crippen LogP contribution >= 0.6 is 7.82 Å². The number of hydrogen-bond acceptors (Lipinski definition) is 8. The third kappa shape index (κ3) is 6.01. The summed E-state index contributed by atoms with van der Waals surface area (Å²) in [5.41, 5.74) is 3.13. The van der Waals surface area contributed by atoms with Crippen LogP contribution in [0.1, 0.15) is 56.9 Å². The maximum absolute atomic E-state index is 11.1. The second-order valence-corrected chi connectivity index (χ2v) is 11.4. The summed E-state index contributed by atoms with van der Waals surface area (Å²) in [5, 5.41) is 0. The van der Waals surface area contributed by atoms with Gasteiger partial charge in [-0.3, -0.25) is 0 Å². The normalized spacial score (nSPS) is 29.4. The summed E-state index contributed by atoms with van der Waals surface area (Å²) in [4.78, 5) is 34.4. The molecule has 4 atom stereocenters. The van der Waals surface area contributed by atoms with Crippen molar-refractivity contribution in [1.82, 2.24) is 0 Å². The average Bonchev–Trinajstić information content (AvgIpc) is 2.88. The van der Waals surface area contributed by atoms with Crippen LogP contribution in [0.15, 0.2) is 65.7 Å². The Balaban J connectivity index is 0.00000176. The van der Waals surface area contributed by atoms with Crippen LogP contribution < -0.4 is 78.2 Å². The molecule has 6 rings (SSSR count). The van der Waals surface area contributed by atoms with E-state index in [4.69, 9.17) is 19.2 Å². The first-order chi connectivity index (χ1) is 17.9. The van der Waals surface area contributed by atoms with Crippen molar-refractivity contribution < 1.29 is 97.2 Å². The average molecular weight is 573 g/mol. The smallest absolute Gasteiger partial charge is 0.780 e. The van der Waals surface area contributed by atoms with Crippen LogP contribution in [0.2, 0.25) is 0 Å². The van der Waals surface area contributed by atoms with Crippen LogP contribution in [0.3, 0.4) is 0 Å². The molecule has 2 aromatic carbocycles. The first-order valence-corrected chi connectivity index (χ1v) is 14.6. The molecular weight excluding hydrogens is 541 g/mol. The maximum atomic E-state index is 11.1. The van der Waals surface area contributed by atoms with Gasteiger partial charge in [-0.25, -0.2) is 4.89 Å². The molecule has 4 aliphatic rings. The minimum absolute atomic E-state index is 0. The molecule has 0 aromatic heterocycles. The van der Waals surface area contributed by atoms with E-state index in [9.17, 15) is 14.4 Å². The molecule has 0 amide bonds. The summed E-state index contributed by atoms with van der Waals surface area (Å²) in [5.74, 6) is -0.0381. The van der Waals surface area contributed by atoms with E-state index in [0.717, 1.165) is 44.3 Å². The van der Waals surface area contributed by atoms with E-state index < -0.39 is 19.2 Å². The van der Waals surface area contributed by atoms with Gasteiger partial charge in [0.25, 0.3) is 5.79 Å². The van der Waals surface area contributed by atoms with Gasteiger partial charge in [-0.05, 0) is 81.3 Å². The fourth-order valence-corrected chi connectivity index (χ4v) is 7.35. The first-order valence-electron chi connectivity index (χ1n) is 13.1.